The molecule has 0 aliphatic carbocycles. The van der Waals surface area contributed by atoms with Gasteiger partial charge in [0.05, 0.1) is 6.61 Å². The van der Waals surface area contributed by atoms with E-state index in [0.29, 0.717) is 43.5 Å². The van der Waals surface area contributed by atoms with Crippen molar-refractivity contribution in [2.24, 2.45) is 0 Å². The Morgan fingerprint density at radius 1 is 0.914 bits per heavy atom. The van der Waals surface area contributed by atoms with Gasteiger partial charge in [0, 0.05) is 54.2 Å². The molecule has 1 fully saturated rings. The van der Waals surface area contributed by atoms with Crippen LogP contribution in [-0.4, -0.2) is 53.8 Å². The summed E-state index contributed by atoms with van der Waals surface area (Å²) in [6.45, 7) is 4.74. The van der Waals surface area contributed by atoms with Gasteiger partial charge < -0.3 is 18.9 Å². The van der Waals surface area contributed by atoms with Gasteiger partial charge in [-0.05, 0) is 61.0 Å². The average Bonchev–Trinajstić information content (AvgIpc) is 3.28. The molecule has 5 rings (SSSR count). The van der Waals surface area contributed by atoms with Crippen molar-refractivity contribution in [2.45, 2.75) is 6.92 Å². The zero-order valence-corrected chi connectivity index (χ0v) is 20.2. The van der Waals surface area contributed by atoms with Crippen LogP contribution in [0.25, 0.3) is 16.6 Å². The molecule has 0 spiro atoms. The topological polar surface area (TPSA) is 54.3 Å². The first-order valence-corrected chi connectivity index (χ1v) is 12.1. The van der Waals surface area contributed by atoms with Crippen LogP contribution in [0.4, 0.5) is 5.69 Å². The number of piperazine rings is 1. The maximum absolute atomic E-state index is 13.6. The maximum atomic E-state index is 13.6. The summed E-state index contributed by atoms with van der Waals surface area (Å²) < 4.78 is 7.35. The number of benzene rings is 2. The summed E-state index contributed by atoms with van der Waals surface area (Å²) in [7, 11) is 0. The smallest absolute Gasteiger partial charge is 0.296 e. The fourth-order valence-electron chi connectivity index (χ4n) is 4.56. The second-order valence-corrected chi connectivity index (χ2v) is 8.88. The number of hydrogen-bond donors (Lipinski definition) is 0. The zero-order valence-electron chi connectivity index (χ0n) is 19.5. The number of hydrogen-bond acceptors (Lipinski definition) is 4. The van der Waals surface area contributed by atoms with E-state index in [4.69, 9.17) is 16.3 Å². The van der Waals surface area contributed by atoms with Gasteiger partial charge in [-0.25, -0.2) is 0 Å². The monoisotopic (exact) mass is 487 g/mol. The number of fused-ring (bicyclic) bond motifs is 1. The van der Waals surface area contributed by atoms with Crippen LogP contribution in [0, 0.1) is 0 Å². The molecule has 35 heavy (non-hydrogen) atoms. The molecule has 1 saturated heterocycles. The number of ketones is 1. The number of rotatable bonds is 6. The van der Waals surface area contributed by atoms with Crippen molar-refractivity contribution in [1.82, 2.24) is 9.30 Å². The first kappa shape index (κ1) is 23.0. The molecule has 6 nitrogen and oxygen atoms in total. The minimum atomic E-state index is -0.503. The van der Waals surface area contributed by atoms with Crippen LogP contribution in [0.15, 0.2) is 79.0 Å². The summed E-state index contributed by atoms with van der Waals surface area (Å²) in [6.07, 6.45) is 1.82. The van der Waals surface area contributed by atoms with E-state index < -0.39 is 11.7 Å². The highest BCUT2D eigenvalue weighted by molar-refractivity contribution is 6.43. The predicted octanol–water partition coefficient (Wildman–Crippen LogP) is 5.19. The fourth-order valence-corrected chi connectivity index (χ4v) is 4.74. The van der Waals surface area contributed by atoms with Crippen molar-refractivity contribution in [3.8, 4) is 16.9 Å². The zero-order chi connectivity index (χ0) is 24.4. The third-order valence-electron chi connectivity index (χ3n) is 6.31. The number of aromatic nitrogens is 1. The first-order chi connectivity index (χ1) is 17.0. The molecular formula is C28H26ClN3O3. The molecule has 1 aliphatic rings. The lowest BCUT2D eigenvalue weighted by molar-refractivity contribution is -0.126. The fraction of sp³-hybridized carbons (Fsp3) is 0.214. The minimum Gasteiger partial charge on any atom is -0.494 e. The molecule has 4 aromatic rings. The molecule has 0 saturated carbocycles. The van der Waals surface area contributed by atoms with Crippen molar-refractivity contribution >= 4 is 34.5 Å². The van der Waals surface area contributed by atoms with Crippen LogP contribution in [0.2, 0.25) is 5.02 Å². The Morgan fingerprint density at radius 2 is 1.69 bits per heavy atom. The van der Waals surface area contributed by atoms with Crippen molar-refractivity contribution in [1.29, 1.82) is 0 Å². The summed E-state index contributed by atoms with van der Waals surface area (Å²) >= 11 is 6.13. The molecule has 0 N–H and O–H groups in total. The second kappa shape index (κ2) is 9.84. The molecule has 2 aromatic carbocycles. The number of amides is 1. The van der Waals surface area contributed by atoms with Crippen molar-refractivity contribution in [3.05, 3.63) is 89.7 Å². The first-order valence-electron chi connectivity index (χ1n) is 11.7. The Labute approximate surface area is 209 Å². The van der Waals surface area contributed by atoms with E-state index in [0.717, 1.165) is 28.1 Å². The Balaban J connectivity index is 1.40. The third kappa shape index (κ3) is 4.62. The lowest BCUT2D eigenvalue weighted by atomic mass is 10.0. The molecule has 1 amide bonds. The summed E-state index contributed by atoms with van der Waals surface area (Å²) in [5.74, 6) is -0.218. The maximum Gasteiger partial charge on any atom is 0.296 e. The summed E-state index contributed by atoms with van der Waals surface area (Å²) in [4.78, 5) is 30.8. The molecule has 178 valence electrons. The molecule has 1 aliphatic heterocycles. The van der Waals surface area contributed by atoms with E-state index in [2.05, 4.69) is 4.90 Å². The highest BCUT2D eigenvalue weighted by Crippen LogP contribution is 2.30. The summed E-state index contributed by atoms with van der Waals surface area (Å²) in [6, 6.07) is 22.9. The normalized spacial score (nSPS) is 13.8. The Morgan fingerprint density at radius 3 is 2.40 bits per heavy atom. The molecule has 0 unspecified atom stereocenters. The van der Waals surface area contributed by atoms with Crippen molar-refractivity contribution in [3.63, 3.8) is 0 Å². The number of halogens is 1. The highest BCUT2D eigenvalue weighted by atomic mass is 35.5. The quantitative estimate of drug-likeness (QED) is 0.277. The van der Waals surface area contributed by atoms with Gasteiger partial charge in [-0.3, -0.25) is 9.59 Å². The van der Waals surface area contributed by atoms with Crippen LogP contribution in [0.1, 0.15) is 17.4 Å². The van der Waals surface area contributed by atoms with Crippen LogP contribution >= 0.6 is 11.6 Å². The number of nitrogens with zero attached hydrogens (tertiary/aromatic N) is 3. The Kier molecular flexibility index (Phi) is 6.47. The van der Waals surface area contributed by atoms with Gasteiger partial charge in [0.2, 0.25) is 0 Å². The van der Waals surface area contributed by atoms with Gasteiger partial charge in [0.1, 0.15) is 11.4 Å². The minimum absolute atomic E-state index is 0.382. The van der Waals surface area contributed by atoms with E-state index in [-0.39, 0.29) is 0 Å². The highest BCUT2D eigenvalue weighted by Gasteiger charge is 2.30. The Hall–Kier alpha value is -3.77. The van der Waals surface area contributed by atoms with E-state index >= 15 is 0 Å². The average molecular weight is 488 g/mol. The van der Waals surface area contributed by atoms with Crippen molar-refractivity contribution < 1.29 is 14.3 Å². The number of Topliss-reactive ketones (excluding diaryl/α,β-unsaturated/α-hetero) is 1. The number of anilines is 1. The van der Waals surface area contributed by atoms with Crippen molar-refractivity contribution in [2.75, 3.05) is 37.7 Å². The number of ether oxygens (including phenoxy) is 1. The third-order valence-corrected chi connectivity index (χ3v) is 6.54. The van der Waals surface area contributed by atoms with Crippen LogP contribution < -0.4 is 9.64 Å². The molecular weight excluding hydrogens is 462 g/mol. The molecule has 0 radical (unpaired) electrons. The lowest BCUT2D eigenvalue weighted by Crippen LogP contribution is -2.50. The molecule has 0 bridgehead atoms. The van der Waals surface area contributed by atoms with E-state index in [1.807, 2.05) is 85.9 Å². The van der Waals surface area contributed by atoms with E-state index in [9.17, 15) is 9.59 Å². The summed E-state index contributed by atoms with van der Waals surface area (Å²) in [5, 5.41) is 0.679. The Bertz CT molecular complexity index is 1370. The van der Waals surface area contributed by atoms with E-state index in [1.54, 1.807) is 9.30 Å². The van der Waals surface area contributed by atoms with Crippen LogP contribution in [0.5, 0.6) is 5.75 Å². The SMILES string of the molecule is CCOc1ccc(-c2cc3ccccn3c2C(=O)C(=O)N2CCN(c3cccc(Cl)c3)CC2)cc1. The molecule has 2 aromatic heterocycles. The van der Waals surface area contributed by atoms with Gasteiger partial charge in [-0.15, -0.1) is 0 Å². The largest absolute Gasteiger partial charge is 0.494 e. The van der Waals surface area contributed by atoms with Gasteiger partial charge in [0.25, 0.3) is 11.7 Å². The number of pyridine rings is 1. The standard InChI is InChI=1S/C28H26ClN3O3/c1-2-35-24-11-9-20(10-12-24)25-19-23-7-3-4-13-32(23)26(25)27(33)28(34)31-16-14-30(15-17-31)22-8-5-6-21(29)18-22/h3-13,18-19H,2,14-17H2,1H3. The van der Waals surface area contributed by atoms with Gasteiger partial charge >= 0.3 is 0 Å². The second-order valence-electron chi connectivity index (χ2n) is 8.45. The van der Waals surface area contributed by atoms with Gasteiger partial charge in [0.15, 0.2) is 0 Å². The van der Waals surface area contributed by atoms with Gasteiger partial charge in [-0.1, -0.05) is 35.9 Å². The molecule has 3 heterocycles. The predicted molar refractivity (Wildman–Crippen MR) is 139 cm³/mol. The van der Waals surface area contributed by atoms with Crippen LogP contribution in [-0.2, 0) is 4.79 Å². The van der Waals surface area contributed by atoms with Crippen LogP contribution in [0.3, 0.4) is 0 Å². The van der Waals surface area contributed by atoms with Gasteiger partial charge in [-0.2, -0.15) is 0 Å². The molecule has 7 heteroatoms. The lowest BCUT2D eigenvalue weighted by Gasteiger charge is -2.35. The number of carbonyl (C=O) groups excluding carboxylic acids is 2. The number of carbonyl (C=O) groups is 2. The summed E-state index contributed by atoms with van der Waals surface area (Å²) in [5.41, 5.74) is 3.85. The molecule has 0 atom stereocenters. The van der Waals surface area contributed by atoms with E-state index in [1.165, 1.54) is 0 Å².